The zero-order chi connectivity index (χ0) is 16.9. The third-order valence-corrected chi connectivity index (χ3v) is 5.15. The molecular weight excluding hydrogens is 324 g/mol. The van der Waals surface area contributed by atoms with Crippen LogP contribution in [-0.4, -0.2) is 45.3 Å². The number of aryl methyl sites for hydroxylation is 1. The molecule has 3 rings (SSSR count). The summed E-state index contributed by atoms with van der Waals surface area (Å²) in [6, 6.07) is 7.49. The normalized spacial score (nSPS) is 17.8. The molecule has 2 heterocycles. The number of hydrogen-bond acceptors (Lipinski definition) is 6. The molecule has 1 aliphatic heterocycles. The topological polar surface area (TPSA) is 78.4 Å². The molecule has 7 heteroatoms. The van der Waals surface area contributed by atoms with Gasteiger partial charge in [0.25, 0.3) is 5.91 Å². The highest BCUT2D eigenvalue weighted by Crippen LogP contribution is 2.21. The highest BCUT2D eigenvalue weighted by Gasteiger charge is 2.24. The van der Waals surface area contributed by atoms with Crippen LogP contribution >= 0.6 is 11.3 Å². The fourth-order valence-corrected chi connectivity index (χ4v) is 3.53. The molecule has 1 aliphatic rings. The van der Waals surface area contributed by atoms with E-state index in [1.54, 1.807) is 16.2 Å². The van der Waals surface area contributed by atoms with Crippen LogP contribution in [0.5, 0.6) is 0 Å². The third-order valence-electron chi connectivity index (χ3n) is 4.08. The maximum absolute atomic E-state index is 12.8. The van der Waals surface area contributed by atoms with E-state index in [4.69, 9.17) is 0 Å². The van der Waals surface area contributed by atoms with E-state index >= 15 is 0 Å². The van der Waals surface area contributed by atoms with Crippen molar-refractivity contribution in [1.29, 1.82) is 0 Å². The Labute approximate surface area is 145 Å². The van der Waals surface area contributed by atoms with Gasteiger partial charge in [-0.2, -0.15) is 0 Å². The molecule has 6 nitrogen and oxygen atoms in total. The van der Waals surface area contributed by atoms with Crippen LogP contribution in [0.1, 0.15) is 40.1 Å². The molecule has 128 valence electrons. The van der Waals surface area contributed by atoms with E-state index in [0.29, 0.717) is 25.2 Å². The number of amides is 1. The van der Waals surface area contributed by atoms with Crippen molar-refractivity contribution < 1.29 is 9.90 Å². The molecule has 1 aromatic heterocycles. The van der Waals surface area contributed by atoms with Crippen molar-refractivity contribution in [1.82, 2.24) is 15.1 Å². The highest BCUT2D eigenvalue weighted by molar-refractivity contribution is 7.11. The van der Waals surface area contributed by atoms with Gasteiger partial charge in [0.15, 0.2) is 0 Å². The summed E-state index contributed by atoms with van der Waals surface area (Å²) in [5.74, 6) is -0.0386. The summed E-state index contributed by atoms with van der Waals surface area (Å²) in [7, 11) is 0. The summed E-state index contributed by atoms with van der Waals surface area (Å²) in [6.07, 6.45) is 2.06. The second kappa shape index (κ2) is 7.72. The van der Waals surface area contributed by atoms with Crippen molar-refractivity contribution >= 4 is 22.9 Å². The van der Waals surface area contributed by atoms with E-state index in [1.807, 2.05) is 24.3 Å². The number of β-amino-alcohol motifs (C(OH)–C–C–N with tert-alkyl or cyclic N) is 1. The zero-order valence-corrected chi connectivity index (χ0v) is 14.6. The Morgan fingerprint density at radius 2 is 2.17 bits per heavy atom. The van der Waals surface area contributed by atoms with Crippen molar-refractivity contribution in [2.45, 2.75) is 38.8 Å². The predicted molar refractivity (Wildman–Crippen MR) is 94.2 cm³/mol. The average Bonchev–Trinajstić information content (AvgIpc) is 3.08. The summed E-state index contributed by atoms with van der Waals surface area (Å²) in [4.78, 5) is 14.5. The van der Waals surface area contributed by atoms with Gasteiger partial charge in [0.2, 0.25) is 0 Å². The Hall–Kier alpha value is -1.99. The lowest BCUT2D eigenvalue weighted by atomic mass is 10.1. The quantitative estimate of drug-likeness (QED) is 0.869. The van der Waals surface area contributed by atoms with Gasteiger partial charge in [-0.15, -0.1) is 10.2 Å². The third kappa shape index (κ3) is 3.91. The smallest absolute Gasteiger partial charge is 0.256 e. The number of carbonyl (C=O) groups is 1. The van der Waals surface area contributed by atoms with Gasteiger partial charge < -0.3 is 15.3 Å². The molecule has 0 bridgehead atoms. The number of rotatable bonds is 5. The van der Waals surface area contributed by atoms with Gasteiger partial charge >= 0.3 is 0 Å². The largest absolute Gasteiger partial charge is 0.391 e. The van der Waals surface area contributed by atoms with Crippen LogP contribution in [0.3, 0.4) is 0 Å². The summed E-state index contributed by atoms with van der Waals surface area (Å²) in [6.45, 7) is 3.70. The number of aromatic nitrogens is 2. The number of carbonyl (C=O) groups excluding carboxylic acids is 1. The minimum absolute atomic E-state index is 0.0386. The molecule has 1 amide bonds. The van der Waals surface area contributed by atoms with E-state index in [1.165, 1.54) is 0 Å². The monoisotopic (exact) mass is 346 g/mol. The number of aliphatic hydroxyl groups is 1. The molecule has 1 saturated heterocycles. The van der Waals surface area contributed by atoms with E-state index in [-0.39, 0.29) is 5.91 Å². The minimum atomic E-state index is -0.420. The Morgan fingerprint density at radius 1 is 1.38 bits per heavy atom. The number of hydrogen-bond donors (Lipinski definition) is 2. The lowest BCUT2D eigenvalue weighted by Crippen LogP contribution is -2.42. The number of piperidine rings is 1. The first kappa shape index (κ1) is 16.9. The van der Waals surface area contributed by atoms with Gasteiger partial charge in [-0.05, 0) is 31.4 Å². The molecule has 0 saturated carbocycles. The van der Waals surface area contributed by atoms with Gasteiger partial charge in [-0.1, -0.05) is 30.4 Å². The average molecular weight is 346 g/mol. The highest BCUT2D eigenvalue weighted by atomic mass is 32.1. The first-order chi connectivity index (χ1) is 11.7. The molecular formula is C17H22N4O2S. The second-order valence-corrected chi connectivity index (χ2v) is 7.04. The molecule has 1 aromatic carbocycles. The number of aliphatic hydroxyl groups excluding tert-OH is 1. The lowest BCUT2D eigenvalue weighted by molar-refractivity contribution is 0.0474. The molecule has 2 N–H and O–H groups in total. The fourth-order valence-electron chi connectivity index (χ4n) is 2.81. The van der Waals surface area contributed by atoms with E-state index in [0.717, 1.165) is 35.0 Å². The van der Waals surface area contributed by atoms with Crippen molar-refractivity contribution in [3.05, 3.63) is 39.8 Å². The second-order valence-electron chi connectivity index (χ2n) is 5.89. The molecule has 0 spiro atoms. The Morgan fingerprint density at radius 3 is 2.92 bits per heavy atom. The fraction of sp³-hybridized carbons (Fsp3) is 0.471. The molecule has 0 radical (unpaired) electrons. The number of nitrogens with zero attached hydrogens (tertiary/aromatic N) is 3. The molecule has 0 unspecified atom stereocenters. The molecule has 1 atom stereocenters. The van der Waals surface area contributed by atoms with Crippen LogP contribution in [-0.2, 0) is 13.0 Å². The SMILES string of the molecule is CCc1nnc(CNc2ccccc2C(=O)N2CCC[C@@H](O)C2)s1. The van der Waals surface area contributed by atoms with Crippen molar-refractivity contribution in [3.8, 4) is 0 Å². The van der Waals surface area contributed by atoms with Crippen LogP contribution in [0.2, 0.25) is 0 Å². The Kier molecular flexibility index (Phi) is 5.42. The number of likely N-dealkylation sites (tertiary alicyclic amines) is 1. The van der Waals surface area contributed by atoms with Crippen LogP contribution < -0.4 is 5.32 Å². The Balaban J connectivity index is 1.71. The first-order valence-electron chi connectivity index (χ1n) is 8.29. The van der Waals surface area contributed by atoms with Crippen molar-refractivity contribution in [3.63, 3.8) is 0 Å². The molecule has 0 aliphatic carbocycles. The molecule has 24 heavy (non-hydrogen) atoms. The summed E-state index contributed by atoms with van der Waals surface area (Å²) in [5, 5.41) is 23.3. The maximum Gasteiger partial charge on any atom is 0.256 e. The van der Waals surface area contributed by atoms with Gasteiger partial charge in [0.1, 0.15) is 10.0 Å². The Bertz CT molecular complexity index is 703. The molecule has 2 aromatic rings. The van der Waals surface area contributed by atoms with Gasteiger partial charge in [-0.3, -0.25) is 4.79 Å². The summed E-state index contributed by atoms with van der Waals surface area (Å²) >= 11 is 1.58. The minimum Gasteiger partial charge on any atom is -0.391 e. The maximum atomic E-state index is 12.8. The summed E-state index contributed by atoms with van der Waals surface area (Å²) in [5.41, 5.74) is 1.42. The van der Waals surface area contributed by atoms with Crippen molar-refractivity contribution in [2.24, 2.45) is 0 Å². The summed E-state index contributed by atoms with van der Waals surface area (Å²) < 4.78 is 0. The van der Waals surface area contributed by atoms with E-state index < -0.39 is 6.10 Å². The number of anilines is 1. The van der Waals surface area contributed by atoms with Crippen molar-refractivity contribution in [2.75, 3.05) is 18.4 Å². The molecule has 1 fully saturated rings. The zero-order valence-electron chi connectivity index (χ0n) is 13.7. The predicted octanol–water partition coefficient (Wildman–Crippen LogP) is 2.31. The standard InChI is InChI=1S/C17H22N4O2S/c1-2-15-19-20-16(24-15)10-18-14-8-4-3-7-13(14)17(23)21-9-5-6-12(22)11-21/h3-4,7-8,12,18,22H,2,5-6,9-11H2,1H3/t12-/m1/s1. The number of nitrogens with one attached hydrogen (secondary N) is 1. The van der Waals surface area contributed by atoms with E-state index in [2.05, 4.69) is 22.4 Å². The van der Waals surface area contributed by atoms with Crippen LogP contribution in [0.15, 0.2) is 24.3 Å². The van der Waals surface area contributed by atoms with Crippen LogP contribution in [0, 0.1) is 0 Å². The van der Waals surface area contributed by atoms with Gasteiger partial charge in [0.05, 0.1) is 18.2 Å². The van der Waals surface area contributed by atoms with Crippen LogP contribution in [0.25, 0.3) is 0 Å². The first-order valence-corrected chi connectivity index (χ1v) is 9.10. The number of para-hydroxylation sites is 1. The van der Waals surface area contributed by atoms with Gasteiger partial charge in [0, 0.05) is 18.8 Å². The van der Waals surface area contributed by atoms with E-state index in [9.17, 15) is 9.90 Å². The van der Waals surface area contributed by atoms with Gasteiger partial charge in [-0.25, -0.2) is 0 Å². The lowest BCUT2D eigenvalue weighted by Gasteiger charge is -2.30. The number of benzene rings is 1. The van der Waals surface area contributed by atoms with Crippen LogP contribution in [0.4, 0.5) is 5.69 Å².